The maximum absolute atomic E-state index is 12.5. The zero-order valence-corrected chi connectivity index (χ0v) is 11.9. The predicted octanol–water partition coefficient (Wildman–Crippen LogP) is 0.426. The third kappa shape index (κ3) is 1.82. The van der Waals surface area contributed by atoms with Crippen LogP contribution in [0.25, 0.3) is 0 Å². The van der Waals surface area contributed by atoms with Crippen molar-refractivity contribution in [3.63, 3.8) is 0 Å². The molecule has 1 aromatic rings. The maximum Gasteiger partial charge on any atom is 0.255 e. The molecular formula is C15H16N2O4. The molecule has 0 radical (unpaired) electrons. The first-order valence-corrected chi connectivity index (χ1v) is 6.76. The van der Waals surface area contributed by atoms with Gasteiger partial charge in [0.25, 0.3) is 5.91 Å². The van der Waals surface area contributed by atoms with E-state index in [4.69, 9.17) is 4.74 Å². The summed E-state index contributed by atoms with van der Waals surface area (Å²) >= 11 is 0. The van der Waals surface area contributed by atoms with Crippen LogP contribution >= 0.6 is 0 Å². The molecule has 21 heavy (non-hydrogen) atoms. The van der Waals surface area contributed by atoms with Crippen LogP contribution in [0.3, 0.4) is 0 Å². The van der Waals surface area contributed by atoms with Gasteiger partial charge in [0, 0.05) is 13.5 Å². The van der Waals surface area contributed by atoms with Crippen LogP contribution in [0.1, 0.15) is 24.3 Å². The normalized spacial score (nSPS) is 28.4. The van der Waals surface area contributed by atoms with E-state index < -0.39 is 11.5 Å². The summed E-state index contributed by atoms with van der Waals surface area (Å²) in [5.41, 5.74) is -0.464. The molecular weight excluding hydrogens is 272 g/mol. The summed E-state index contributed by atoms with van der Waals surface area (Å²) in [5, 5.41) is 2.73. The van der Waals surface area contributed by atoms with Gasteiger partial charge < -0.3 is 10.1 Å². The minimum Gasteiger partial charge on any atom is -0.497 e. The van der Waals surface area contributed by atoms with Crippen molar-refractivity contribution >= 4 is 17.7 Å². The van der Waals surface area contributed by atoms with Crippen LogP contribution in [0.4, 0.5) is 0 Å². The number of likely N-dealkylation sites (tertiary alicyclic amines) is 1. The smallest absolute Gasteiger partial charge is 0.255 e. The Labute approximate surface area is 122 Å². The number of methoxy groups -OCH3 is 1. The molecule has 2 aliphatic heterocycles. The van der Waals surface area contributed by atoms with Gasteiger partial charge in [-0.2, -0.15) is 0 Å². The van der Waals surface area contributed by atoms with E-state index in [1.807, 2.05) is 0 Å². The van der Waals surface area contributed by atoms with Gasteiger partial charge in [-0.15, -0.1) is 0 Å². The number of nitrogens with one attached hydrogen (secondary N) is 1. The molecule has 1 spiro atoms. The fraction of sp³-hybridized carbons (Fsp3) is 0.400. The number of rotatable bonds is 2. The summed E-state index contributed by atoms with van der Waals surface area (Å²) in [6.45, 7) is 0. The van der Waals surface area contributed by atoms with Crippen LogP contribution < -0.4 is 10.1 Å². The Balaban J connectivity index is 2.11. The zero-order chi connectivity index (χ0) is 15.2. The molecule has 2 heterocycles. The van der Waals surface area contributed by atoms with E-state index in [2.05, 4.69) is 5.32 Å². The van der Waals surface area contributed by atoms with E-state index in [9.17, 15) is 14.4 Å². The molecule has 3 amide bonds. The summed E-state index contributed by atoms with van der Waals surface area (Å²) in [6.07, 6.45) is 0.593. The maximum atomic E-state index is 12.5. The van der Waals surface area contributed by atoms with E-state index in [1.165, 1.54) is 7.05 Å². The van der Waals surface area contributed by atoms with Gasteiger partial charge in [0.1, 0.15) is 11.3 Å². The Hall–Kier alpha value is -2.37. The predicted molar refractivity (Wildman–Crippen MR) is 73.6 cm³/mol. The Morgan fingerprint density at radius 1 is 1.33 bits per heavy atom. The third-order valence-electron chi connectivity index (χ3n) is 4.29. The highest BCUT2D eigenvalue weighted by Crippen LogP contribution is 2.43. The van der Waals surface area contributed by atoms with Crippen molar-refractivity contribution in [3.05, 3.63) is 29.8 Å². The molecule has 0 bridgehead atoms. The van der Waals surface area contributed by atoms with E-state index >= 15 is 0 Å². The summed E-state index contributed by atoms with van der Waals surface area (Å²) in [6, 6.07) is 7.06. The number of benzene rings is 1. The molecule has 1 N–H and O–H groups in total. The third-order valence-corrected chi connectivity index (χ3v) is 4.29. The van der Waals surface area contributed by atoms with Gasteiger partial charge in [0.05, 0.1) is 13.0 Å². The van der Waals surface area contributed by atoms with Crippen LogP contribution in [0.5, 0.6) is 5.75 Å². The largest absolute Gasteiger partial charge is 0.497 e. The fourth-order valence-corrected chi connectivity index (χ4v) is 3.24. The number of carbonyl (C=O) groups excluding carboxylic acids is 3. The van der Waals surface area contributed by atoms with E-state index in [0.29, 0.717) is 17.7 Å². The van der Waals surface area contributed by atoms with Gasteiger partial charge >= 0.3 is 0 Å². The number of amides is 3. The average Bonchev–Trinajstić information content (AvgIpc) is 2.95. The topological polar surface area (TPSA) is 75.7 Å². The molecule has 110 valence electrons. The Kier molecular flexibility index (Phi) is 2.97. The zero-order valence-electron chi connectivity index (χ0n) is 11.9. The fourth-order valence-electron chi connectivity index (χ4n) is 3.24. The summed E-state index contributed by atoms with van der Waals surface area (Å²) in [4.78, 5) is 37.7. The molecule has 0 unspecified atom stereocenters. The Morgan fingerprint density at radius 3 is 2.71 bits per heavy atom. The van der Waals surface area contributed by atoms with Crippen molar-refractivity contribution in [1.29, 1.82) is 0 Å². The minimum absolute atomic E-state index is 0.195. The Bertz CT molecular complexity index is 642. The molecule has 2 atom stereocenters. The highest BCUT2D eigenvalue weighted by molar-refractivity contribution is 6.14. The lowest BCUT2D eigenvalue weighted by Crippen LogP contribution is -2.51. The highest BCUT2D eigenvalue weighted by atomic mass is 16.5. The molecule has 0 saturated carbocycles. The van der Waals surface area contributed by atoms with Crippen molar-refractivity contribution < 1.29 is 19.1 Å². The van der Waals surface area contributed by atoms with Gasteiger partial charge in [0.15, 0.2) is 0 Å². The molecule has 2 saturated heterocycles. The van der Waals surface area contributed by atoms with Crippen LogP contribution in [-0.4, -0.2) is 42.3 Å². The number of hydrogen-bond acceptors (Lipinski definition) is 4. The number of likely N-dealkylation sites (N-methyl/N-ethyl adjacent to an activating group) is 1. The molecule has 1 aromatic carbocycles. The number of nitrogens with zero attached hydrogens (tertiary/aromatic N) is 1. The molecule has 0 aromatic heterocycles. The molecule has 6 nitrogen and oxygen atoms in total. The Morgan fingerprint density at radius 2 is 2.10 bits per heavy atom. The molecule has 6 heteroatoms. The lowest BCUT2D eigenvalue weighted by molar-refractivity contribution is -0.139. The van der Waals surface area contributed by atoms with Crippen LogP contribution in [-0.2, 0) is 14.4 Å². The molecule has 2 aliphatic rings. The van der Waals surface area contributed by atoms with E-state index in [-0.39, 0.29) is 24.1 Å². The van der Waals surface area contributed by atoms with Crippen molar-refractivity contribution in [2.75, 3.05) is 14.2 Å². The minimum atomic E-state index is -1.14. The van der Waals surface area contributed by atoms with Gasteiger partial charge in [-0.3, -0.25) is 19.3 Å². The average molecular weight is 288 g/mol. The van der Waals surface area contributed by atoms with Gasteiger partial charge in [-0.25, -0.2) is 0 Å². The second-order valence-corrected chi connectivity index (χ2v) is 5.43. The lowest BCUT2D eigenvalue weighted by atomic mass is 9.80. The monoisotopic (exact) mass is 288 g/mol. The second kappa shape index (κ2) is 4.58. The van der Waals surface area contributed by atoms with Crippen LogP contribution in [0.2, 0.25) is 0 Å². The quantitative estimate of drug-likeness (QED) is 0.801. The summed E-state index contributed by atoms with van der Waals surface area (Å²) in [7, 11) is 3.00. The summed E-state index contributed by atoms with van der Waals surface area (Å²) in [5.74, 6) is -0.917. The lowest BCUT2D eigenvalue weighted by Gasteiger charge is -2.26. The first kappa shape index (κ1) is 13.6. The number of carbonyl (C=O) groups is 3. The van der Waals surface area contributed by atoms with Gasteiger partial charge in [-0.05, 0) is 24.1 Å². The molecule has 0 aliphatic carbocycles. The molecule has 2 fully saturated rings. The van der Waals surface area contributed by atoms with Crippen molar-refractivity contribution in [2.45, 2.75) is 24.3 Å². The standard InChI is InChI=1S/C15H16N2O4/c1-17-13(19)12(9-4-3-5-10(8-9)21-2)15(14(17)20)7-6-11(18)16-15/h3-5,8,12H,6-7H2,1-2H3,(H,16,18)/t12-,15-/m1/s1. The van der Waals surface area contributed by atoms with Gasteiger partial charge in [-0.1, -0.05) is 12.1 Å². The first-order valence-electron chi connectivity index (χ1n) is 6.76. The summed E-state index contributed by atoms with van der Waals surface area (Å²) < 4.78 is 5.18. The number of imide groups is 1. The van der Waals surface area contributed by atoms with E-state index in [0.717, 1.165) is 4.90 Å². The highest BCUT2D eigenvalue weighted by Gasteiger charge is 2.61. The van der Waals surface area contributed by atoms with Gasteiger partial charge in [0.2, 0.25) is 11.8 Å². The SMILES string of the molecule is COc1cccc([C@@H]2C(=O)N(C)C(=O)[C@@]23CCC(=O)N3)c1. The number of hydrogen-bond donors (Lipinski definition) is 1. The number of ether oxygens (including phenoxy) is 1. The van der Waals surface area contributed by atoms with Crippen molar-refractivity contribution in [2.24, 2.45) is 0 Å². The second-order valence-electron chi connectivity index (χ2n) is 5.43. The van der Waals surface area contributed by atoms with Crippen LogP contribution in [0, 0.1) is 0 Å². The van der Waals surface area contributed by atoms with Crippen molar-refractivity contribution in [1.82, 2.24) is 10.2 Å². The van der Waals surface area contributed by atoms with Crippen LogP contribution in [0.15, 0.2) is 24.3 Å². The molecule has 3 rings (SSSR count). The van der Waals surface area contributed by atoms with E-state index in [1.54, 1.807) is 31.4 Å². The first-order chi connectivity index (χ1) is 9.99. The van der Waals surface area contributed by atoms with Crippen molar-refractivity contribution in [3.8, 4) is 5.75 Å².